The number of ether oxygens (including phenoxy) is 2. The SMILES string of the molecule is COCCOCc1cc2cnc(Nc3ccc(N4CCNCC4)cn3)nc2n(C2CCCC2)c1=O.Cl. The van der Waals surface area contributed by atoms with E-state index in [1.165, 1.54) is 0 Å². The number of anilines is 3. The fourth-order valence-electron chi connectivity index (χ4n) is 4.85. The molecule has 1 saturated carbocycles. The van der Waals surface area contributed by atoms with E-state index in [2.05, 4.69) is 31.6 Å². The van der Waals surface area contributed by atoms with Crippen molar-refractivity contribution in [3.8, 4) is 0 Å². The molecule has 3 aromatic heterocycles. The molecule has 0 unspecified atom stereocenters. The van der Waals surface area contributed by atoms with E-state index in [-0.39, 0.29) is 30.6 Å². The van der Waals surface area contributed by atoms with Gasteiger partial charge in [-0.2, -0.15) is 4.98 Å². The lowest BCUT2D eigenvalue weighted by Crippen LogP contribution is -2.43. The fourth-order valence-corrected chi connectivity index (χ4v) is 4.85. The first-order chi connectivity index (χ1) is 17.2. The van der Waals surface area contributed by atoms with Crippen LogP contribution in [-0.2, 0) is 16.1 Å². The van der Waals surface area contributed by atoms with E-state index in [1.54, 1.807) is 13.3 Å². The van der Waals surface area contributed by atoms with Gasteiger partial charge in [0.15, 0.2) is 0 Å². The number of fused-ring (bicyclic) bond motifs is 1. The Morgan fingerprint density at radius 2 is 1.92 bits per heavy atom. The zero-order valence-electron chi connectivity index (χ0n) is 20.6. The van der Waals surface area contributed by atoms with Gasteiger partial charge in [-0.05, 0) is 31.0 Å². The molecule has 1 aliphatic heterocycles. The van der Waals surface area contributed by atoms with Crippen LogP contribution in [-0.4, -0.2) is 66.0 Å². The Labute approximate surface area is 216 Å². The number of halogens is 1. The lowest BCUT2D eigenvalue weighted by atomic mass is 10.1. The van der Waals surface area contributed by atoms with Crippen LogP contribution in [0, 0.1) is 0 Å². The van der Waals surface area contributed by atoms with Crippen LogP contribution in [0.25, 0.3) is 11.0 Å². The van der Waals surface area contributed by atoms with Gasteiger partial charge < -0.3 is 25.0 Å². The van der Waals surface area contributed by atoms with Crippen molar-refractivity contribution in [3.05, 3.63) is 46.5 Å². The van der Waals surface area contributed by atoms with Gasteiger partial charge in [0.25, 0.3) is 5.56 Å². The monoisotopic (exact) mass is 515 g/mol. The van der Waals surface area contributed by atoms with E-state index < -0.39 is 0 Å². The van der Waals surface area contributed by atoms with Crippen molar-refractivity contribution in [1.82, 2.24) is 24.8 Å². The number of piperazine rings is 1. The number of rotatable bonds is 9. The smallest absolute Gasteiger partial charge is 0.258 e. The fraction of sp³-hybridized carbons (Fsp3) is 0.520. The minimum atomic E-state index is -0.0371. The Morgan fingerprint density at radius 3 is 2.64 bits per heavy atom. The lowest BCUT2D eigenvalue weighted by Gasteiger charge is -2.29. The summed E-state index contributed by atoms with van der Waals surface area (Å²) >= 11 is 0. The van der Waals surface area contributed by atoms with Crippen LogP contribution >= 0.6 is 12.4 Å². The third-order valence-electron chi connectivity index (χ3n) is 6.70. The molecule has 4 heterocycles. The molecule has 0 radical (unpaired) electrons. The van der Waals surface area contributed by atoms with Crippen LogP contribution in [0.3, 0.4) is 0 Å². The van der Waals surface area contributed by atoms with Crippen molar-refractivity contribution in [3.63, 3.8) is 0 Å². The second-order valence-electron chi connectivity index (χ2n) is 9.06. The predicted octanol–water partition coefficient (Wildman–Crippen LogP) is 3.04. The number of nitrogens with zero attached hydrogens (tertiary/aromatic N) is 5. The van der Waals surface area contributed by atoms with Crippen LogP contribution in [0.4, 0.5) is 17.5 Å². The van der Waals surface area contributed by atoms with Crippen molar-refractivity contribution in [1.29, 1.82) is 0 Å². The number of aromatic nitrogens is 4. The molecule has 0 aromatic carbocycles. The highest BCUT2D eigenvalue weighted by molar-refractivity contribution is 5.85. The minimum Gasteiger partial charge on any atom is -0.382 e. The quantitative estimate of drug-likeness (QED) is 0.416. The maximum atomic E-state index is 13.4. The highest BCUT2D eigenvalue weighted by Crippen LogP contribution is 2.31. The van der Waals surface area contributed by atoms with E-state index in [0.717, 1.165) is 62.9 Å². The molecule has 2 fully saturated rings. The number of pyridine rings is 2. The molecule has 1 aliphatic carbocycles. The van der Waals surface area contributed by atoms with Crippen molar-refractivity contribution in [2.24, 2.45) is 0 Å². The Bertz CT molecular complexity index is 1190. The van der Waals surface area contributed by atoms with Gasteiger partial charge in [0.1, 0.15) is 11.5 Å². The molecule has 3 aromatic rings. The van der Waals surface area contributed by atoms with Crippen molar-refractivity contribution in [2.45, 2.75) is 38.3 Å². The third kappa shape index (κ3) is 5.95. The number of methoxy groups -OCH3 is 1. The molecule has 36 heavy (non-hydrogen) atoms. The van der Waals surface area contributed by atoms with Gasteiger partial charge in [-0.25, -0.2) is 9.97 Å². The second-order valence-corrected chi connectivity index (χ2v) is 9.06. The molecule has 10 nitrogen and oxygen atoms in total. The summed E-state index contributed by atoms with van der Waals surface area (Å²) in [7, 11) is 1.63. The predicted molar refractivity (Wildman–Crippen MR) is 143 cm³/mol. The van der Waals surface area contributed by atoms with Crippen LogP contribution in [0.5, 0.6) is 0 Å². The normalized spacial score (nSPS) is 16.3. The van der Waals surface area contributed by atoms with Gasteiger partial charge in [0, 0.05) is 56.5 Å². The second kappa shape index (κ2) is 12.4. The standard InChI is InChI=1S/C25H33N7O3.ClH/c1-34-12-13-35-17-19-14-18-15-28-25(30-23(18)32(24(19)33)20-4-2-3-5-20)29-22-7-6-21(16-27-22)31-10-8-26-9-11-31;/h6-7,14-16,20,26H,2-5,8-13,17H2,1H3,(H,27,28,29,30);1H. The Hall–Kier alpha value is -2.79. The zero-order chi connectivity index (χ0) is 24.0. The van der Waals surface area contributed by atoms with Crippen LogP contribution in [0.1, 0.15) is 37.3 Å². The van der Waals surface area contributed by atoms with E-state index in [1.807, 2.05) is 22.9 Å². The molecule has 11 heteroatoms. The maximum absolute atomic E-state index is 13.4. The molecule has 194 valence electrons. The van der Waals surface area contributed by atoms with Crippen LogP contribution < -0.4 is 21.1 Å². The van der Waals surface area contributed by atoms with Crippen molar-refractivity contribution in [2.75, 3.05) is 56.7 Å². The Kier molecular flexibility index (Phi) is 9.08. The Balaban J connectivity index is 0.00000304. The van der Waals surface area contributed by atoms with Gasteiger partial charge in [0.2, 0.25) is 5.95 Å². The summed E-state index contributed by atoms with van der Waals surface area (Å²) < 4.78 is 12.5. The summed E-state index contributed by atoms with van der Waals surface area (Å²) in [5.41, 5.74) is 2.34. The van der Waals surface area contributed by atoms with E-state index in [9.17, 15) is 4.79 Å². The summed E-state index contributed by atoms with van der Waals surface area (Å²) in [5.74, 6) is 1.09. The molecular weight excluding hydrogens is 482 g/mol. The molecular formula is C25H34ClN7O3. The van der Waals surface area contributed by atoms with E-state index in [0.29, 0.717) is 36.2 Å². The lowest BCUT2D eigenvalue weighted by molar-refractivity contribution is 0.0610. The van der Waals surface area contributed by atoms with E-state index >= 15 is 0 Å². The zero-order valence-corrected chi connectivity index (χ0v) is 21.4. The summed E-state index contributed by atoms with van der Waals surface area (Å²) in [6.07, 6.45) is 7.83. The van der Waals surface area contributed by atoms with Gasteiger partial charge in [-0.1, -0.05) is 12.8 Å². The molecule has 0 spiro atoms. The van der Waals surface area contributed by atoms with Gasteiger partial charge in [-0.3, -0.25) is 9.36 Å². The summed E-state index contributed by atoms with van der Waals surface area (Å²) in [6.45, 7) is 5.09. The third-order valence-corrected chi connectivity index (χ3v) is 6.70. The molecule has 0 bridgehead atoms. The van der Waals surface area contributed by atoms with Crippen LogP contribution in [0.15, 0.2) is 35.4 Å². The van der Waals surface area contributed by atoms with Crippen LogP contribution in [0.2, 0.25) is 0 Å². The summed E-state index contributed by atoms with van der Waals surface area (Å²) in [4.78, 5) is 29.6. The number of hydrogen-bond acceptors (Lipinski definition) is 9. The molecule has 1 saturated heterocycles. The summed E-state index contributed by atoms with van der Waals surface area (Å²) in [6, 6.07) is 5.99. The summed E-state index contributed by atoms with van der Waals surface area (Å²) in [5, 5.41) is 7.40. The van der Waals surface area contributed by atoms with Gasteiger partial charge in [0.05, 0.1) is 31.7 Å². The maximum Gasteiger partial charge on any atom is 0.258 e. The largest absolute Gasteiger partial charge is 0.382 e. The molecule has 5 rings (SSSR count). The first-order valence-corrected chi connectivity index (χ1v) is 12.4. The van der Waals surface area contributed by atoms with Crippen molar-refractivity contribution < 1.29 is 9.47 Å². The highest BCUT2D eigenvalue weighted by atomic mass is 35.5. The molecule has 2 aliphatic rings. The molecule has 0 atom stereocenters. The highest BCUT2D eigenvalue weighted by Gasteiger charge is 2.23. The van der Waals surface area contributed by atoms with E-state index in [4.69, 9.17) is 14.5 Å². The van der Waals surface area contributed by atoms with Gasteiger partial charge >= 0.3 is 0 Å². The average Bonchev–Trinajstić information content (AvgIpc) is 3.42. The molecule has 0 amide bonds. The number of hydrogen-bond donors (Lipinski definition) is 2. The number of nitrogens with one attached hydrogen (secondary N) is 2. The van der Waals surface area contributed by atoms with Gasteiger partial charge in [-0.15, -0.1) is 12.4 Å². The minimum absolute atomic E-state index is 0. The van der Waals surface area contributed by atoms with Crippen molar-refractivity contribution >= 4 is 40.9 Å². The average molecular weight is 516 g/mol. The molecule has 2 N–H and O–H groups in total. The first kappa shape index (κ1) is 26.3. The topological polar surface area (TPSA) is 106 Å². The Morgan fingerprint density at radius 1 is 1.11 bits per heavy atom. The first-order valence-electron chi connectivity index (χ1n) is 12.4.